The zero-order chi connectivity index (χ0) is 24.9. The molecule has 0 spiro atoms. The number of carbonyl (C=O) groups excluding carboxylic acids is 1. The Morgan fingerprint density at radius 2 is 1.32 bits per heavy atom. The number of carbonyl (C=O) groups is 1. The summed E-state index contributed by atoms with van der Waals surface area (Å²) >= 11 is 0. The molecular weight excluding hydrogens is 424 g/mol. The van der Waals surface area contributed by atoms with Gasteiger partial charge >= 0.3 is 5.97 Å². The van der Waals surface area contributed by atoms with E-state index in [0.717, 1.165) is 44.1 Å². The van der Waals surface area contributed by atoms with E-state index in [4.69, 9.17) is 9.47 Å². The fourth-order valence-corrected chi connectivity index (χ4v) is 4.58. The molecule has 1 rings (SSSR count). The van der Waals surface area contributed by atoms with Crippen LogP contribution in [0.1, 0.15) is 122 Å². The molecule has 4 heteroatoms. The summed E-state index contributed by atoms with van der Waals surface area (Å²) in [6.07, 6.45) is 17.2. The van der Waals surface area contributed by atoms with Crippen molar-refractivity contribution in [2.45, 2.75) is 135 Å². The lowest BCUT2D eigenvalue weighted by molar-refractivity contribution is -0.151. The molecule has 34 heavy (non-hydrogen) atoms. The van der Waals surface area contributed by atoms with Gasteiger partial charge in [0.15, 0.2) is 0 Å². The molecule has 4 nitrogen and oxygen atoms in total. The Balaban J connectivity index is 2.55. The predicted octanol–water partition coefficient (Wildman–Crippen LogP) is 8.00. The molecule has 0 unspecified atom stereocenters. The molecule has 0 aromatic heterocycles. The van der Waals surface area contributed by atoms with Crippen molar-refractivity contribution in [3.05, 3.63) is 35.9 Å². The second kappa shape index (κ2) is 20.9. The molecule has 0 amide bonds. The summed E-state index contributed by atoms with van der Waals surface area (Å²) in [6, 6.07) is 10.2. The van der Waals surface area contributed by atoms with E-state index in [2.05, 4.69) is 26.0 Å². The van der Waals surface area contributed by atoms with Crippen molar-refractivity contribution in [2.24, 2.45) is 5.92 Å². The Hall–Kier alpha value is -1.39. The number of hydrogen-bond donors (Lipinski definition) is 1. The molecule has 0 aliphatic heterocycles. The van der Waals surface area contributed by atoms with Crippen molar-refractivity contribution in [2.75, 3.05) is 7.11 Å². The van der Waals surface area contributed by atoms with Crippen LogP contribution in [0.5, 0.6) is 0 Å². The molecule has 1 aromatic rings. The van der Waals surface area contributed by atoms with Gasteiger partial charge < -0.3 is 14.6 Å². The second-order valence-electron chi connectivity index (χ2n) is 9.82. The van der Waals surface area contributed by atoms with Gasteiger partial charge in [0.25, 0.3) is 0 Å². The maximum absolute atomic E-state index is 12.4. The minimum atomic E-state index is -0.728. The standard InChI is InChI=1S/C30H52O4/c1-4-6-8-10-11-12-13-14-18-22-27(34-25-26-20-16-15-17-21-26)24-29(31)28(30(32)33-3)23-19-9-7-5-2/h15-17,20-21,27-29,31H,4-14,18-19,22-25H2,1-3H3/t27-,28+,29+/m1/s1. The second-order valence-corrected chi connectivity index (χ2v) is 9.82. The van der Waals surface area contributed by atoms with Crippen LogP contribution in [-0.4, -0.2) is 30.4 Å². The molecule has 1 N–H and O–H groups in total. The minimum absolute atomic E-state index is 0.0532. The third-order valence-electron chi connectivity index (χ3n) is 6.80. The summed E-state index contributed by atoms with van der Waals surface area (Å²) in [7, 11) is 1.42. The lowest BCUT2D eigenvalue weighted by Crippen LogP contribution is -2.33. The summed E-state index contributed by atoms with van der Waals surface area (Å²) in [5.41, 5.74) is 1.14. The minimum Gasteiger partial charge on any atom is -0.469 e. The number of esters is 1. The van der Waals surface area contributed by atoms with E-state index in [0.29, 0.717) is 19.4 Å². The average Bonchev–Trinajstić information content (AvgIpc) is 2.86. The molecule has 0 bridgehead atoms. The van der Waals surface area contributed by atoms with Crippen LogP contribution in [0.3, 0.4) is 0 Å². The highest BCUT2D eigenvalue weighted by Gasteiger charge is 2.29. The Morgan fingerprint density at radius 3 is 1.91 bits per heavy atom. The summed E-state index contributed by atoms with van der Waals surface area (Å²) < 4.78 is 11.3. The predicted molar refractivity (Wildman–Crippen MR) is 142 cm³/mol. The number of unbranched alkanes of at least 4 members (excludes halogenated alkanes) is 11. The van der Waals surface area contributed by atoms with Crippen LogP contribution in [0.4, 0.5) is 0 Å². The van der Waals surface area contributed by atoms with Gasteiger partial charge in [-0.15, -0.1) is 0 Å². The molecule has 196 valence electrons. The zero-order valence-corrected chi connectivity index (χ0v) is 22.3. The summed E-state index contributed by atoms with van der Waals surface area (Å²) in [4.78, 5) is 12.4. The van der Waals surface area contributed by atoms with E-state index >= 15 is 0 Å². The highest BCUT2D eigenvalue weighted by Crippen LogP contribution is 2.23. The largest absolute Gasteiger partial charge is 0.469 e. The number of aliphatic hydroxyl groups excluding tert-OH is 1. The van der Waals surface area contributed by atoms with Crippen molar-refractivity contribution >= 4 is 5.97 Å². The lowest BCUT2D eigenvalue weighted by Gasteiger charge is -2.26. The number of methoxy groups -OCH3 is 1. The van der Waals surface area contributed by atoms with Crippen molar-refractivity contribution < 1.29 is 19.4 Å². The number of hydrogen-bond acceptors (Lipinski definition) is 4. The van der Waals surface area contributed by atoms with E-state index in [1.54, 1.807) is 0 Å². The maximum atomic E-state index is 12.4. The maximum Gasteiger partial charge on any atom is 0.311 e. The van der Waals surface area contributed by atoms with Gasteiger partial charge in [-0.05, 0) is 18.4 Å². The summed E-state index contributed by atoms with van der Waals surface area (Å²) in [5, 5.41) is 11.0. The van der Waals surface area contributed by atoms with Gasteiger partial charge in [0.05, 0.1) is 31.8 Å². The van der Waals surface area contributed by atoms with E-state index in [1.807, 2.05) is 18.2 Å². The fraction of sp³-hybridized carbons (Fsp3) is 0.767. The van der Waals surface area contributed by atoms with Gasteiger partial charge in [-0.2, -0.15) is 0 Å². The first-order valence-electron chi connectivity index (χ1n) is 14.0. The Morgan fingerprint density at radius 1 is 0.794 bits per heavy atom. The summed E-state index contributed by atoms with van der Waals surface area (Å²) in [6.45, 7) is 4.97. The third-order valence-corrected chi connectivity index (χ3v) is 6.80. The van der Waals surface area contributed by atoms with Crippen LogP contribution in [0.25, 0.3) is 0 Å². The fourth-order valence-electron chi connectivity index (χ4n) is 4.58. The molecule has 0 heterocycles. The van der Waals surface area contributed by atoms with Crippen LogP contribution < -0.4 is 0 Å². The quantitative estimate of drug-likeness (QED) is 0.136. The lowest BCUT2D eigenvalue weighted by atomic mass is 9.90. The molecule has 0 aliphatic carbocycles. The van der Waals surface area contributed by atoms with Gasteiger partial charge in [0, 0.05) is 6.42 Å². The molecule has 0 aliphatic rings. The third kappa shape index (κ3) is 14.8. The number of rotatable bonds is 22. The number of aliphatic hydroxyl groups is 1. The van der Waals surface area contributed by atoms with Crippen molar-refractivity contribution in [3.8, 4) is 0 Å². The van der Waals surface area contributed by atoms with Crippen molar-refractivity contribution in [1.82, 2.24) is 0 Å². The Labute approximate surface area is 209 Å². The zero-order valence-electron chi connectivity index (χ0n) is 22.3. The highest BCUT2D eigenvalue weighted by molar-refractivity contribution is 5.72. The van der Waals surface area contributed by atoms with Gasteiger partial charge in [0.2, 0.25) is 0 Å². The smallest absolute Gasteiger partial charge is 0.311 e. The Bertz CT molecular complexity index is 589. The van der Waals surface area contributed by atoms with Crippen LogP contribution in [-0.2, 0) is 20.9 Å². The molecule has 1 aromatic carbocycles. The van der Waals surface area contributed by atoms with Gasteiger partial charge in [-0.25, -0.2) is 0 Å². The monoisotopic (exact) mass is 476 g/mol. The molecule has 0 saturated carbocycles. The van der Waals surface area contributed by atoms with Crippen LogP contribution in [0, 0.1) is 5.92 Å². The van der Waals surface area contributed by atoms with Crippen molar-refractivity contribution in [3.63, 3.8) is 0 Å². The Kier molecular flexibility index (Phi) is 18.9. The van der Waals surface area contributed by atoms with E-state index in [1.165, 1.54) is 58.5 Å². The SMILES string of the molecule is CCCCCCCCCCC[C@H](C[C@H](O)[C@H](CCCCCC)C(=O)OC)OCc1ccccc1. The molecule has 3 atom stereocenters. The van der Waals surface area contributed by atoms with E-state index in [-0.39, 0.29) is 12.1 Å². The normalized spacial score (nSPS) is 14.0. The van der Waals surface area contributed by atoms with Crippen LogP contribution in [0.15, 0.2) is 30.3 Å². The molecule has 0 saturated heterocycles. The number of benzene rings is 1. The molecular formula is C30H52O4. The van der Waals surface area contributed by atoms with Gasteiger partial charge in [-0.3, -0.25) is 4.79 Å². The van der Waals surface area contributed by atoms with Crippen molar-refractivity contribution in [1.29, 1.82) is 0 Å². The highest BCUT2D eigenvalue weighted by atomic mass is 16.5. The first-order chi connectivity index (χ1) is 16.6. The van der Waals surface area contributed by atoms with Gasteiger partial charge in [0.1, 0.15) is 0 Å². The van der Waals surface area contributed by atoms with Crippen LogP contribution in [0.2, 0.25) is 0 Å². The first kappa shape index (κ1) is 30.6. The topological polar surface area (TPSA) is 55.8 Å². The molecule has 0 radical (unpaired) electrons. The average molecular weight is 477 g/mol. The van der Waals surface area contributed by atoms with Gasteiger partial charge in [-0.1, -0.05) is 128 Å². The van der Waals surface area contributed by atoms with Crippen LogP contribution >= 0.6 is 0 Å². The first-order valence-corrected chi connectivity index (χ1v) is 14.0. The molecule has 0 fully saturated rings. The van der Waals surface area contributed by atoms with E-state index in [9.17, 15) is 9.90 Å². The number of ether oxygens (including phenoxy) is 2. The van der Waals surface area contributed by atoms with E-state index < -0.39 is 12.0 Å². The summed E-state index contributed by atoms with van der Waals surface area (Å²) in [5.74, 6) is -0.762.